The zero-order valence-electron chi connectivity index (χ0n) is 9.52. The first-order valence-corrected chi connectivity index (χ1v) is 5.11. The summed E-state index contributed by atoms with van der Waals surface area (Å²) < 4.78 is 5.09. The standard InChI is InChI=1S/C10H14N4O2/c1-4-6-9(15)13-7-8(14(6)2)11-5-12-10(7)16-3/h5-6H,4H2,1-3H3,(H,13,15). The summed E-state index contributed by atoms with van der Waals surface area (Å²) in [6, 6.07) is -0.188. The van der Waals surface area contributed by atoms with Gasteiger partial charge >= 0.3 is 0 Å². The molecule has 2 rings (SSSR count). The maximum absolute atomic E-state index is 11.8. The van der Waals surface area contributed by atoms with Crippen molar-refractivity contribution >= 4 is 17.4 Å². The summed E-state index contributed by atoms with van der Waals surface area (Å²) in [7, 11) is 3.36. The Morgan fingerprint density at radius 2 is 2.31 bits per heavy atom. The maximum Gasteiger partial charge on any atom is 0.247 e. The lowest BCUT2D eigenvalue weighted by molar-refractivity contribution is -0.117. The molecule has 1 aliphatic heterocycles. The van der Waals surface area contributed by atoms with E-state index in [2.05, 4.69) is 15.3 Å². The van der Waals surface area contributed by atoms with Crippen LogP contribution in [0, 0.1) is 0 Å². The van der Waals surface area contributed by atoms with Gasteiger partial charge in [-0.3, -0.25) is 4.79 Å². The number of hydrogen-bond donors (Lipinski definition) is 1. The first-order valence-electron chi connectivity index (χ1n) is 5.11. The van der Waals surface area contributed by atoms with Crippen LogP contribution in [-0.2, 0) is 4.79 Å². The molecule has 0 radical (unpaired) electrons. The number of hydrogen-bond acceptors (Lipinski definition) is 5. The van der Waals surface area contributed by atoms with E-state index in [1.54, 1.807) is 0 Å². The fourth-order valence-corrected chi connectivity index (χ4v) is 1.88. The summed E-state index contributed by atoms with van der Waals surface area (Å²) >= 11 is 0. The molecule has 1 N–H and O–H groups in total. The predicted molar refractivity (Wildman–Crippen MR) is 59.7 cm³/mol. The minimum absolute atomic E-state index is 0.0504. The van der Waals surface area contributed by atoms with Crippen LogP contribution in [0.5, 0.6) is 5.88 Å². The molecule has 6 heteroatoms. The van der Waals surface area contributed by atoms with Crippen molar-refractivity contribution in [2.24, 2.45) is 0 Å². The Balaban J connectivity index is 2.49. The fourth-order valence-electron chi connectivity index (χ4n) is 1.88. The Labute approximate surface area is 93.6 Å². The zero-order chi connectivity index (χ0) is 11.7. The number of anilines is 2. The second kappa shape index (κ2) is 3.96. The minimum atomic E-state index is -0.188. The molecule has 1 atom stereocenters. The number of nitrogens with zero attached hydrogens (tertiary/aromatic N) is 3. The van der Waals surface area contributed by atoms with Gasteiger partial charge in [0.25, 0.3) is 0 Å². The van der Waals surface area contributed by atoms with Gasteiger partial charge < -0.3 is 15.0 Å². The summed E-state index contributed by atoms with van der Waals surface area (Å²) in [5.74, 6) is 1.03. The van der Waals surface area contributed by atoms with E-state index in [9.17, 15) is 4.79 Å². The topological polar surface area (TPSA) is 67.3 Å². The van der Waals surface area contributed by atoms with Gasteiger partial charge in [0.05, 0.1) is 7.11 Å². The third-order valence-electron chi connectivity index (χ3n) is 2.72. The Bertz CT molecular complexity index is 421. The van der Waals surface area contributed by atoms with Crippen LogP contribution in [0.3, 0.4) is 0 Å². The first kappa shape index (κ1) is 10.7. The highest BCUT2D eigenvalue weighted by Gasteiger charge is 2.32. The van der Waals surface area contributed by atoms with Gasteiger partial charge in [0, 0.05) is 7.05 Å². The van der Waals surface area contributed by atoms with Crippen molar-refractivity contribution in [3.05, 3.63) is 6.33 Å². The number of rotatable bonds is 2. The fraction of sp³-hybridized carbons (Fsp3) is 0.500. The van der Waals surface area contributed by atoms with Crippen LogP contribution in [0.4, 0.5) is 11.5 Å². The number of carbonyl (C=O) groups excluding carboxylic acids is 1. The van der Waals surface area contributed by atoms with Crippen LogP contribution in [0.2, 0.25) is 0 Å². The normalized spacial score (nSPS) is 19.1. The molecule has 0 spiro atoms. The van der Waals surface area contributed by atoms with E-state index >= 15 is 0 Å². The lowest BCUT2D eigenvalue weighted by Gasteiger charge is -2.33. The van der Waals surface area contributed by atoms with Gasteiger partial charge in [0.1, 0.15) is 18.1 Å². The average molecular weight is 222 g/mol. The summed E-state index contributed by atoms with van der Waals surface area (Å²) in [6.45, 7) is 1.96. The third kappa shape index (κ3) is 1.46. The van der Waals surface area contributed by atoms with Gasteiger partial charge in [0.15, 0.2) is 5.82 Å². The second-order valence-corrected chi connectivity index (χ2v) is 3.61. The third-order valence-corrected chi connectivity index (χ3v) is 2.72. The second-order valence-electron chi connectivity index (χ2n) is 3.61. The van der Waals surface area contributed by atoms with E-state index in [-0.39, 0.29) is 11.9 Å². The molecular formula is C10H14N4O2. The molecule has 1 aromatic heterocycles. The van der Waals surface area contributed by atoms with Crippen molar-refractivity contribution in [3.8, 4) is 5.88 Å². The van der Waals surface area contributed by atoms with Gasteiger partial charge in [-0.2, -0.15) is 4.98 Å². The lowest BCUT2D eigenvalue weighted by Crippen LogP contribution is -2.46. The molecule has 1 aliphatic rings. The van der Waals surface area contributed by atoms with Crippen molar-refractivity contribution in [3.63, 3.8) is 0 Å². The number of amides is 1. The molecule has 0 aromatic carbocycles. The molecule has 2 heterocycles. The average Bonchev–Trinajstić information content (AvgIpc) is 2.29. The van der Waals surface area contributed by atoms with Crippen molar-refractivity contribution < 1.29 is 9.53 Å². The SMILES string of the molecule is CCC1C(=O)Nc2c(OC)ncnc2N1C. The zero-order valence-corrected chi connectivity index (χ0v) is 9.52. The van der Waals surface area contributed by atoms with Crippen LogP contribution >= 0.6 is 0 Å². The van der Waals surface area contributed by atoms with Crippen molar-refractivity contribution in [1.29, 1.82) is 0 Å². The lowest BCUT2D eigenvalue weighted by atomic mass is 10.1. The molecular weight excluding hydrogens is 208 g/mol. The van der Waals surface area contributed by atoms with Gasteiger partial charge in [-0.15, -0.1) is 0 Å². The Morgan fingerprint density at radius 3 is 2.94 bits per heavy atom. The summed E-state index contributed by atoms with van der Waals surface area (Å²) in [5.41, 5.74) is 0.544. The Kier molecular flexibility index (Phi) is 2.64. The highest BCUT2D eigenvalue weighted by Crippen LogP contribution is 2.35. The Morgan fingerprint density at radius 1 is 1.56 bits per heavy atom. The number of aromatic nitrogens is 2. The van der Waals surface area contributed by atoms with Crippen LogP contribution in [0.25, 0.3) is 0 Å². The number of ether oxygens (including phenoxy) is 1. The van der Waals surface area contributed by atoms with E-state index in [0.717, 1.165) is 6.42 Å². The monoisotopic (exact) mass is 222 g/mol. The first-order chi connectivity index (χ1) is 7.69. The van der Waals surface area contributed by atoms with E-state index in [1.807, 2.05) is 18.9 Å². The number of likely N-dealkylation sites (N-methyl/N-ethyl adjacent to an activating group) is 1. The molecule has 86 valence electrons. The van der Waals surface area contributed by atoms with Gasteiger partial charge in [0.2, 0.25) is 11.8 Å². The van der Waals surface area contributed by atoms with Crippen molar-refractivity contribution in [1.82, 2.24) is 9.97 Å². The van der Waals surface area contributed by atoms with Crippen LogP contribution in [-0.4, -0.2) is 36.1 Å². The summed E-state index contributed by atoms with van der Waals surface area (Å²) in [6.07, 6.45) is 2.16. The van der Waals surface area contributed by atoms with Gasteiger partial charge in [-0.05, 0) is 6.42 Å². The molecule has 0 fully saturated rings. The maximum atomic E-state index is 11.8. The van der Waals surface area contributed by atoms with Crippen LogP contribution in [0.1, 0.15) is 13.3 Å². The smallest absolute Gasteiger partial charge is 0.247 e. The molecule has 16 heavy (non-hydrogen) atoms. The minimum Gasteiger partial charge on any atom is -0.479 e. The van der Waals surface area contributed by atoms with Crippen molar-refractivity contribution in [2.45, 2.75) is 19.4 Å². The van der Waals surface area contributed by atoms with Crippen molar-refractivity contribution in [2.75, 3.05) is 24.4 Å². The van der Waals surface area contributed by atoms with Gasteiger partial charge in [-0.25, -0.2) is 4.98 Å². The van der Waals surface area contributed by atoms with E-state index in [0.29, 0.717) is 17.4 Å². The van der Waals surface area contributed by atoms with Crippen LogP contribution in [0.15, 0.2) is 6.33 Å². The molecule has 0 aliphatic carbocycles. The summed E-state index contributed by atoms with van der Waals surface area (Å²) in [4.78, 5) is 21.8. The highest BCUT2D eigenvalue weighted by atomic mass is 16.5. The largest absolute Gasteiger partial charge is 0.479 e. The molecule has 6 nitrogen and oxygen atoms in total. The number of fused-ring (bicyclic) bond motifs is 1. The number of nitrogens with one attached hydrogen (secondary N) is 1. The van der Waals surface area contributed by atoms with Crippen LogP contribution < -0.4 is 15.0 Å². The molecule has 1 amide bonds. The Hall–Kier alpha value is -1.85. The predicted octanol–water partition coefficient (Wildman–Crippen LogP) is 0.652. The number of methoxy groups -OCH3 is 1. The highest BCUT2D eigenvalue weighted by molar-refractivity contribution is 6.03. The molecule has 0 saturated carbocycles. The molecule has 0 bridgehead atoms. The van der Waals surface area contributed by atoms with E-state index in [1.165, 1.54) is 13.4 Å². The quantitative estimate of drug-likeness (QED) is 0.795. The molecule has 1 unspecified atom stereocenters. The van der Waals surface area contributed by atoms with E-state index < -0.39 is 0 Å². The number of carbonyl (C=O) groups is 1. The van der Waals surface area contributed by atoms with Gasteiger partial charge in [-0.1, -0.05) is 6.92 Å². The molecule has 0 saturated heterocycles. The van der Waals surface area contributed by atoms with E-state index in [4.69, 9.17) is 4.74 Å². The summed E-state index contributed by atoms with van der Waals surface area (Å²) in [5, 5.41) is 2.78. The molecule has 1 aromatic rings.